The molecule has 0 aromatic heterocycles. The second kappa shape index (κ2) is 14.9. The normalized spacial score (nSPS) is 7.80. The predicted octanol–water partition coefficient (Wildman–Crippen LogP) is -1.13. The molecule has 0 rings (SSSR count). The zero-order chi connectivity index (χ0) is 12.9. The molecule has 0 heterocycles. The van der Waals surface area contributed by atoms with Crippen molar-refractivity contribution in [2.45, 2.75) is 6.10 Å². The highest BCUT2D eigenvalue weighted by Crippen LogP contribution is 1.71. The van der Waals surface area contributed by atoms with Crippen LogP contribution in [0.4, 0.5) is 9.59 Å². The highest BCUT2D eigenvalue weighted by Gasteiger charge is 1.93. The molecule has 0 radical (unpaired) electrons. The lowest BCUT2D eigenvalue weighted by molar-refractivity contribution is 0.0450. The minimum atomic E-state index is -1.83. The molecule has 0 aliphatic heterocycles. The van der Waals surface area contributed by atoms with E-state index in [1.807, 2.05) is 0 Å². The van der Waals surface area contributed by atoms with Crippen LogP contribution in [0.5, 0.6) is 0 Å². The van der Waals surface area contributed by atoms with E-state index in [-0.39, 0.29) is 13.2 Å². The Bertz CT molecular complexity index is 149. The first-order valence-corrected chi connectivity index (χ1v) is 3.40. The molecule has 0 saturated carbocycles. The molecule has 0 spiro atoms. The Morgan fingerprint density at radius 2 is 1.33 bits per heavy atom. The van der Waals surface area contributed by atoms with Gasteiger partial charge in [0.25, 0.3) is 0 Å². The first-order valence-electron chi connectivity index (χ1n) is 3.40. The standard InChI is InChI=1S/C3H8O3.C2H4O3.CH2O3/c4-1-3(6)2-5;1-5-2(3)4;2-1(3)4/h3-6H,1-2H2;1H3,(H,3,4);(H2,2,3,4). The van der Waals surface area contributed by atoms with Gasteiger partial charge in [-0.3, -0.25) is 0 Å². The van der Waals surface area contributed by atoms with E-state index in [2.05, 4.69) is 4.74 Å². The molecule has 0 aromatic carbocycles. The predicted molar refractivity (Wildman–Crippen MR) is 45.9 cm³/mol. The number of carbonyl (C=O) groups is 2. The largest absolute Gasteiger partial charge is 0.505 e. The SMILES string of the molecule is COC(=O)O.O=C(O)O.OCC(O)CO. The summed E-state index contributed by atoms with van der Waals surface area (Å²) >= 11 is 0. The molecule has 0 amide bonds. The van der Waals surface area contributed by atoms with Crippen molar-refractivity contribution in [2.24, 2.45) is 0 Å². The van der Waals surface area contributed by atoms with E-state index >= 15 is 0 Å². The smallest absolute Gasteiger partial charge is 0.450 e. The first-order chi connectivity index (χ1) is 6.81. The van der Waals surface area contributed by atoms with Gasteiger partial charge in [-0.25, -0.2) is 9.59 Å². The van der Waals surface area contributed by atoms with Gasteiger partial charge in [0.05, 0.1) is 20.3 Å². The van der Waals surface area contributed by atoms with E-state index in [4.69, 9.17) is 40.2 Å². The maximum atomic E-state index is 9.15. The molecule has 9 nitrogen and oxygen atoms in total. The Kier molecular flexibility index (Phi) is 19.0. The molecule has 9 heteroatoms. The number of hydrogen-bond acceptors (Lipinski definition) is 6. The molecule has 0 aliphatic carbocycles. The summed E-state index contributed by atoms with van der Waals surface area (Å²) < 4.78 is 3.67. The van der Waals surface area contributed by atoms with Gasteiger partial charge in [-0.2, -0.15) is 0 Å². The van der Waals surface area contributed by atoms with Crippen LogP contribution >= 0.6 is 0 Å². The Morgan fingerprint density at radius 1 is 1.13 bits per heavy atom. The van der Waals surface area contributed by atoms with Gasteiger partial charge >= 0.3 is 12.3 Å². The third kappa shape index (κ3) is 69.0. The molecule has 0 saturated heterocycles. The van der Waals surface area contributed by atoms with Crippen molar-refractivity contribution in [1.82, 2.24) is 0 Å². The van der Waals surface area contributed by atoms with Crippen molar-refractivity contribution in [2.75, 3.05) is 20.3 Å². The van der Waals surface area contributed by atoms with Crippen molar-refractivity contribution in [3.63, 3.8) is 0 Å². The van der Waals surface area contributed by atoms with Crippen LogP contribution in [0.1, 0.15) is 0 Å². The summed E-state index contributed by atoms with van der Waals surface area (Å²) in [6, 6.07) is 0. The van der Waals surface area contributed by atoms with E-state index in [9.17, 15) is 0 Å². The van der Waals surface area contributed by atoms with E-state index in [0.717, 1.165) is 7.11 Å². The van der Waals surface area contributed by atoms with Crippen molar-refractivity contribution in [1.29, 1.82) is 0 Å². The lowest BCUT2D eigenvalue weighted by Crippen LogP contribution is -2.15. The molecule has 6 N–H and O–H groups in total. The van der Waals surface area contributed by atoms with Gasteiger partial charge in [0.1, 0.15) is 6.10 Å². The average molecular weight is 230 g/mol. The summed E-state index contributed by atoms with van der Waals surface area (Å²) in [7, 11) is 1.10. The second-order valence-electron chi connectivity index (χ2n) is 1.77. The molecule has 0 fully saturated rings. The molecule has 0 atom stereocenters. The number of ether oxygens (including phenoxy) is 1. The minimum absolute atomic E-state index is 0.365. The van der Waals surface area contributed by atoms with Crippen LogP contribution in [-0.2, 0) is 4.74 Å². The first kappa shape index (κ1) is 19.1. The molecule has 0 aliphatic rings. The number of carboxylic acid groups (broad SMARTS) is 3. The molecule has 0 aromatic rings. The van der Waals surface area contributed by atoms with Crippen molar-refractivity contribution < 1.29 is 45.0 Å². The van der Waals surface area contributed by atoms with E-state index in [1.165, 1.54) is 0 Å². The topological polar surface area (TPSA) is 165 Å². The maximum Gasteiger partial charge on any atom is 0.505 e. The van der Waals surface area contributed by atoms with Crippen LogP contribution in [0, 0.1) is 0 Å². The van der Waals surface area contributed by atoms with Gasteiger partial charge in [0.2, 0.25) is 0 Å². The summed E-state index contributed by atoms with van der Waals surface area (Å²) in [6.45, 7) is -0.729. The van der Waals surface area contributed by atoms with Crippen LogP contribution in [0.25, 0.3) is 0 Å². The molecule has 92 valence electrons. The fraction of sp³-hybridized carbons (Fsp3) is 0.667. The lowest BCUT2D eigenvalue weighted by Gasteiger charge is -1.96. The van der Waals surface area contributed by atoms with Gasteiger partial charge in [-0.15, -0.1) is 0 Å². The van der Waals surface area contributed by atoms with Crippen LogP contribution in [0.2, 0.25) is 0 Å². The third-order valence-corrected chi connectivity index (χ3v) is 0.596. The van der Waals surface area contributed by atoms with Crippen LogP contribution in [0.3, 0.4) is 0 Å². The number of aliphatic hydroxyl groups is 3. The minimum Gasteiger partial charge on any atom is -0.450 e. The van der Waals surface area contributed by atoms with Gasteiger partial charge in [-0.1, -0.05) is 0 Å². The van der Waals surface area contributed by atoms with Crippen LogP contribution in [0.15, 0.2) is 0 Å². The Hall–Kier alpha value is -1.58. The summed E-state index contributed by atoms with van der Waals surface area (Å²) in [5.74, 6) is 0. The van der Waals surface area contributed by atoms with Crippen molar-refractivity contribution >= 4 is 12.3 Å². The summed E-state index contributed by atoms with van der Waals surface area (Å²) in [4.78, 5) is 17.7. The molecule has 0 bridgehead atoms. The Morgan fingerprint density at radius 3 is 1.33 bits per heavy atom. The maximum absolute atomic E-state index is 9.15. The van der Waals surface area contributed by atoms with E-state index in [1.54, 1.807) is 0 Å². The van der Waals surface area contributed by atoms with E-state index < -0.39 is 18.4 Å². The number of methoxy groups -OCH3 is 1. The van der Waals surface area contributed by atoms with Crippen molar-refractivity contribution in [3.05, 3.63) is 0 Å². The van der Waals surface area contributed by atoms with Gasteiger partial charge in [0.15, 0.2) is 0 Å². The summed E-state index contributed by atoms with van der Waals surface area (Å²) in [5.41, 5.74) is 0. The molecule has 15 heavy (non-hydrogen) atoms. The van der Waals surface area contributed by atoms with Crippen LogP contribution in [-0.4, -0.2) is 69.4 Å². The highest BCUT2D eigenvalue weighted by atomic mass is 16.6. The molecular formula is C6H14O9. The quantitative estimate of drug-likeness (QED) is 0.321. The summed E-state index contributed by atoms with van der Waals surface area (Å²) in [5, 5.41) is 45.5. The zero-order valence-electron chi connectivity index (χ0n) is 7.90. The molecular weight excluding hydrogens is 216 g/mol. The van der Waals surface area contributed by atoms with Gasteiger partial charge in [-0.05, 0) is 0 Å². The monoisotopic (exact) mass is 230 g/mol. The fourth-order valence-electron chi connectivity index (χ4n) is 0.0577. The van der Waals surface area contributed by atoms with Gasteiger partial charge in [0, 0.05) is 0 Å². The second-order valence-corrected chi connectivity index (χ2v) is 1.77. The third-order valence-electron chi connectivity index (χ3n) is 0.596. The van der Waals surface area contributed by atoms with E-state index in [0.29, 0.717) is 0 Å². The lowest BCUT2D eigenvalue weighted by atomic mass is 10.4. The zero-order valence-corrected chi connectivity index (χ0v) is 7.90. The Labute approximate surface area is 84.8 Å². The fourth-order valence-corrected chi connectivity index (χ4v) is 0.0577. The Balaban J connectivity index is -0.000000147. The average Bonchev–Trinajstić information content (AvgIpc) is 2.16. The summed E-state index contributed by atoms with van der Waals surface area (Å²) in [6.07, 6.45) is -4.03. The van der Waals surface area contributed by atoms with Crippen LogP contribution < -0.4 is 0 Å². The number of hydrogen-bond donors (Lipinski definition) is 6. The number of rotatable bonds is 2. The van der Waals surface area contributed by atoms with Gasteiger partial charge < -0.3 is 35.4 Å². The van der Waals surface area contributed by atoms with Crippen molar-refractivity contribution in [3.8, 4) is 0 Å². The highest BCUT2D eigenvalue weighted by molar-refractivity contribution is 5.56. The molecule has 0 unspecified atom stereocenters. The number of aliphatic hydroxyl groups excluding tert-OH is 3.